The minimum absolute atomic E-state index is 0.162. The number of fused-ring (bicyclic) bond motifs is 2. The number of hydrogen-bond donors (Lipinski definition) is 0. The smallest absolute Gasteiger partial charge is 0.0627 e. The minimum atomic E-state index is -1.75. The van der Waals surface area contributed by atoms with E-state index in [2.05, 4.69) is 104 Å². The third-order valence-corrected chi connectivity index (χ3v) is 13.9. The molecule has 0 unspecified atom stereocenters. The van der Waals surface area contributed by atoms with Crippen LogP contribution in [0.3, 0.4) is 0 Å². The lowest BCUT2D eigenvalue weighted by Gasteiger charge is -2.46. The molecular weight excluding hydrogens is 344 g/mol. The zero-order valence-electron chi connectivity index (χ0n) is 18.5. The maximum atomic E-state index is 2.58. The first kappa shape index (κ1) is 19.6. The predicted octanol–water partition coefficient (Wildman–Crippen LogP) is 4.24. The highest BCUT2D eigenvalue weighted by atomic mass is 28.3. The third kappa shape index (κ3) is 2.77. The second kappa shape index (κ2) is 5.69. The molecule has 0 amide bonds. The van der Waals surface area contributed by atoms with Crippen LogP contribution in [0.15, 0.2) is 36.4 Å². The Morgan fingerprint density at radius 2 is 1.08 bits per heavy atom. The summed E-state index contributed by atoms with van der Waals surface area (Å²) in [6, 6.07) is 14.3. The molecule has 0 spiro atoms. The van der Waals surface area contributed by atoms with Crippen molar-refractivity contribution >= 4 is 36.9 Å². The summed E-state index contributed by atoms with van der Waals surface area (Å²) < 4.78 is 0. The van der Waals surface area contributed by atoms with Crippen molar-refractivity contribution < 1.29 is 0 Å². The van der Waals surface area contributed by atoms with Crippen molar-refractivity contribution in [1.29, 1.82) is 0 Å². The van der Waals surface area contributed by atoms with Crippen LogP contribution < -0.4 is 20.7 Å². The Kier molecular flexibility index (Phi) is 4.29. The summed E-state index contributed by atoms with van der Waals surface area (Å²) in [6.45, 7) is 24.6. The van der Waals surface area contributed by atoms with Gasteiger partial charge in [0.15, 0.2) is 0 Å². The normalized spacial score (nSPS) is 18.2. The van der Waals surface area contributed by atoms with Gasteiger partial charge in [-0.1, -0.05) is 125 Å². The van der Waals surface area contributed by atoms with Gasteiger partial charge in [-0.05, 0) is 22.0 Å². The van der Waals surface area contributed by atoms with E-state index in [9.17, 15) is 0 Å². The average molecular weight is 381 g/mol. The number of benzene rings is 2. The van der Waals surface area contributed by atoms with Crippen molar-refractivity contribution in [1.82, 2.24) is 0 Å². The second-order valence-electron chi connectivity index (χ2n) is 11.2. The van der Waals surface area contributed by atoms with E-state index in [0.29, 0.717) is 0 Å². The highest BCUT2D eigenvalue weighted by Crippen LogP contribution is 2.34. The van der Waals surface area contributed by atoms with Gasteiger partial charge < -0.3 is 0 Å². The molecule has 0 aromatic heterocycles. The van der Waals surface area contributed by atoms with E-state index in [1.54, 1.807) is 31.9 Å². The van der Waals surface area contributed by atoms with Crippen LogP contribution in [0.5, 0.6) is 0 Å². The maximum absolute atomic E-state index is 2.58. The van der Waals surface area contributed by atoms with E-state index in [0.717, 1.165) is 0 Å². The van der Waals surface area contributed by atoms with E-state index < -0.39 is 16.1 Å². The van der Waals surface area contributed by atoms with E-state index >= 15 is 0 Å². The number of hydrogen-bond acceptors (Lipinski definition) is 0. The summed E-state index contributed by atoms with van der Waals surface area (Å²) in [5, 5.41) is 6.81. The molecule has 0 nitrogen and oxygen atoms in total. The zero-order chi connectivity index (χ0) is 19.7. The Labute approximate surface area is 163 Å². The lowest BCUT2D eigenvalue weighted by molar-refractivity contribution is 0.533. The summed E-state index contributed by atoms with van der Waals surface area (Å²) in [5.41, 5.74) is 3.53. The van der Waals surface area contributed by atoms with Gasteiger partial charge in [-0.15, -0.1) is 0 Å². The lowest BCUT2D eigenvalue weighted by atomic mass is 9.75. The molecule has 2 aromatic carbocycles. The topological polar surface area (TPSA) is 0 Å². The third-order valence-electron chi connectivity index (χ3n) is 6.34. The molecule has 0 aliphatic carbocycles. The maximum Gasteiger partial charge on any atom is 0.112 e. The van der Waals surface area contributed by atoms with Crippen LogP contribution in [-0.4, -0.2) is 16.1 Å². The molecule has 3 rings (SSSR count). The van der Waals surface area contributed by atoms with Gasteiger partial charge >= 0.3 is 0 Å². The van der Waals surface area contributed by atoms with Gasteiger partial charge in [0.25, 0.3) is 0 Å². The van der Waals surface area contributed by atoms with Gasteiger partial charge in [0.2, 0.25) is 0 Å². The molecule has 0 saturated carbocycles. The molecule has 0 saturated heterocycles. The van der Waals surface area contributed by atoms with Crippen molar-refractivity contribution in [2.24, 2.45) is 0 Å². The molecule has 0 fully saturated rings. The Balaban J connectivity index is 2.52. The van der Waals surface area contributed by atoms with E-state index in [1.165, 1.54) is 0 Å². The molecule has 26 heavy (non-hydrogen) atoms. The molecule has 0 bridgehead atoms. The van der Waals surface area contributed by atoms with Crippen LogP contribution in [0.25, 0.3) is 0 Å². The minimum Gasteiger partial charge on any atom is -0.0627 e. The molecular formula is C24H36Si2. The SMILES string of the molecule is CC(C)(C)c1ccc2c(c1C(C)(C)C)[Si](C)(C)c1ccccc1[Si]2(C)C. The van der Waals surface area contributed by atoms with Crippen molar-refractivity contribution in [3.63, 3.8) is 0 Å². The summed E-state index contributed by atoms with van der Waals surface area (Å²) in [5.74, 6) is 0. The Hall–Kier alpha value is -1.13. The Bertz CT molecular complexity index is 859. The standard InChI is InChI=1S/C24H36Si2/c1-23(2,3)17-15-16-20-22(21(17)24(4,5)6)26(9,10)19-14-12-11-13-18(19)25(20,7)8/h11-16H,1-10H3. The highest BCUT2D eigenvalue weighted by Gasteiger charge is 2.47. The van der Waals surface area contributed by atoms with Gasteiger partial charge in [-0.2, -0.15) is 0 Å². The second-order valence-corrected chi connectivity index (χ2v) is 19.8. The lowest BCUT2D eigenvalue weighted by Crippen LogP contribution is -2.79. The monoisotopic (exact) mass is 380 g/mol. The van der Waals surface area contributed by atoms with E-state index in [1.807, 2.05) is 0 Å². The molecule has 140 valence electrons. The summed E-state index contributed by atoms with van der Waals surface area (Å²) in [7, 11) is -3.43. The predicted molar refractivity (Wildman–Crippen MR) is 124 cm³/mol. The molecule has 2 aromatic rings. The molecule has 1 aliphatic heterocycles. The first-order chi connectivity index (χ1) is 11.7. The van der Waals surface area contributed by atoms with E-state index in [4.69, 9.17) is 0 Å². The van der Waals surface area contributed by atoms with Gasteiger partial charge in [0.05, 0.1) is 0 Å². The Morgan fingerprint density at radius 1 is 0.577 bits per heavy atom. The first-order valence-electron chi connectivity index (χ1n) is 9.99. The van der Waals surface area contributed by atoms with Crippen molar-refractivity contribution in [2.45, 2.75) is 78.6 Å². The fourth-order valence-corrected chi connectivity index (χ4v) is 15.0. The fraction of sp³-hybridized carbons (Fsp3) is 0.500. The molecule has 2 heteroatoms. The van der Waals surface area contributed by atoms with Crippen LogP contribution in [0.1, 0.15) is 52.7 Å². The van der Waals surface area contributed by atoms with Gasteiger partial charge in [0, 0.05) is 0 Å². The summed E-state index contributed by atoms with van der Waals surface area (Å²) >= 11 is 0. The van der Waals surface area contributed by atoms with Crippen molar-refractivity contribution in [3.05, 3.63) is 47.5 Å². The van der Waals surface area contributed by atoms with Crippen LogP contribution in [-0.2, 0) is 10.8 Å². The molecule has 0 radical (unpaired) electrons. The van der Waals surface area contributed by atoms with Gasteiger partial charge in [0.1, 0.15) is 16.1 Å². The van der Waals surface area contributed by atoms with Crippen LogP contribution in [0, 0.1) is 0 Å². The van der Waals surface area contributed by atoms with Crippen LogP contribution in [0.2, 0.25) is 26.2 Å². The van der Waals surface area contributed by atoms with Crippen LogP contribution >= 0.6 is 0 Å². The van der Waals surface area contributed by atoms with E-state index in [-0.39, 0.29) is 10.8 Å². The van der Waals surface area contributed by atoms with Crippen LogP contribution in [0.4, 0.5) is 0 Å². The molecule has 1 heterocycles. The van der Waals surface area contributed by atoms with Crippen molar-refractivity contribution in [3.8, 4) is 0 Å². The Morgan fingerprint density at radius 3 is 1.54 bits per heavy atom. The van der Waals surface area contributed by atoms with Gasteiger partial charge in [-0.3, -0.25) is 0 Å². The first-order valence-corrected chi connectivity index (χ1v) is 16.0. The fourth-order valence-electron chi connectivity index (χ4n) is 5.03. The zero-order valence-corrected chi connectivity index (χ0v) is 20.5. The summed E-state index contributed by atoms with van der Waals surface area (Å²) in [4.78, 5) is 0. The average Bonchev–Trinajstić information content (AvgIpc) is 2.50. The van der Waals surface area contributed by atoms with Crippen molar-refractivity contribution in [2.75, 3.05) is 0 Å². The van der Waals surface area contributed by atoms with Gasteiger partial charge in [-0.25, -0.2) is 0 Å². The quantitative estimate of drug-likeness (QED) is 0.600. The molecule has 0 atom stereocenters. The largest absolute Gasteiger partial charge is 0.112 e. The molecule has 0 N–H and O–H groups in total. The highest BCUT2D eigenvalue weighted by molar-refractivity contribution is 7.16. The molecule has 1 aliphatic rings. The summed E-state index contributed by atoms with van der Waals surface area (Å²) in [6.07, 6.45) is 0. The number of rotatable bonds is 0.